The Balaban J connectivity index is 2.80. The molecule has 15 heavy (non-hydrogen) atoms. The van der Waals surface area contributed by atoms with Gasteiger partial charge in [0.25, 0.3) is 0 Å². The average molecular weight is 203 g/mol. The van der Waals surface area contributed by atoms with Gasteiger partial charge in [0.15, 0.2) is 5.82 Å². The first-order chi connectivity index (χ1) is 7.15. The normalized spacial score (nSPS) is 11.3. The Kier molecular flexibility index (Phi) is 2.39. The molecule has 2 aromatic rings. The van der Waals surface area contributed by atoms with Gasteiger partial charge in [0.2, 0.25) is 0 Å². The molecule has 0 atom stereocenters. The summed E-state index contributed by atoms with van der Waals surface area (Å²) in [6.07, 6.45) is 0. The Labute approximate surface area is 90.1 Å². The van der Waals surface area contributed by atoms with Crippen LogP contribution >= 0.6 is 0 Å². The van der Waals surface area contributed by atoms with Gasteiger partial charge in [-0.15, -0.1) is 0 Å². The van der Waals surface area contributed by atoms with E-state index < -0.39 is 0 Å². The van der Waals surface area contributed by atoms with Crippen molar-refractivity contribution in [3.8, 4) is 0 Å². The fourth-order valence-corrected chi connectivity index (χ4v) is 2.02. The highest BCUT2D eigenvalue weighted by Gasteiger charge is 2.12. The van der Waals surface area contributed by atoms with Crippen molar-refractivity contribution in [2.75, 3.05) is 12.4 Å². The van der Waals surface area contributed by atoms with Crippen LogP contribution in [0.25, 0.3) is 10.9 Å². The van der Waals surface area contributed by atoms with Gasteiger partial charge >= 0.3 is 0 Å². The molecule has 3 nitrogen and oxygen atoms in total. The minimum absolute atomic E-state index is 0.522. The van der Waals surface area contributed by atoms with Crippen molar-refractivity contribution in [3.05, 3.63) is 23.8 Å². The van der Waals surface area contributed by atoms with Gasteiger partial charge in [-0.05, 0) is 17.5 Å². The lowest BCUT2D eigenvalue weighted by Crippen LogP contribution is -1.96. The zero-order chi connectivity index (χ0) is 11.0. The summed E-state index contributed by atoms with van der Waals surface area (Å²) in [5.41, 5.74) is 2.58. The van der Waals surface area contributed by atoms with Crippen LogP contribution in [0.1, 0.15) is 25.3 Å². The van der Waals surface area contributed by atoms with E-state index in [0.29, 0.717) is 5.92 Å². The van der Waals surface area contributed by atoms with Crippen molar-refractivity contribution in [1.82, 2.24) is 9.78 Å². The van der Waals surface area contributed by atoms with Gasteiger partial charge < -0.3 is 5.32 Å². The summed E-state index contributed by atoms with van der Waals surface area (Å²) in [5.74, 6) is 1.48. The summed E-state index contributed by atoms with van der Waals surface area (Å²) in [6.45, 7) is 4.42. The van der Waals surface area contributed by atoms with Gasteiger partial charge in [-0.2, -0.15) is 5.10 Å². The number of benzene rings is 1. The molecule has 0 unspecified atom stereocenters. The molecule has 80 valence electrons. The van der Waals surface area contributed by atoms with Gasteiger partial charge in [-0.1, -0.05) is 26.0 Å². The van der Waals surface area contributed by atoms with E-state index in [4.69, 9.17) is 0 Å². The highest BCUT2D eigenvalue weighted by molar-refractivity contribution is 5.92. The van der Waals surface area contributed by atoms with Gasteiger partial charge in [0.1, 0.15) is 0 Å². The van der Waals surface area contributed by atoms with Crippen LogP contribution in [0.5, 0.6) is 0 Å². The molecule has 3 heteroatoms. The second-order valence-electron chi connectivity index (χ2n) is 4.12. The monoisotopic (exact) mass is 203 g/mol. The molecule has 0 aliphatic carbocycles. The number of nitrogens with one attached hydrogen (secondary N) is 1. The Morgan fingerprint density at radius 2 is 2.07 bits per heavy atom. The van der Waals surface area contributed by atoms with E-state index >= 15 is 0 Å². The molecule has 0 bridgehead atoms. The molecule has 0 aliphatic rings. The van der Waals surface area contributed by atoms with Crippen LogP contribution in [0.3, 0.4) is 0 Å². The van der Waals surface area contributed by atoms with Gasteiger partial charge in [-0.25, -0.2) is 0 Å². The molecule has 2 rings (SSSR count). The molecule has 0 aliphatic heterocycles. The van der Waals surface area contributed by atoms with Gasteiger partial charge in [0.05, 0.1) is 5.52 Å². The highest BCUT2D eigenvalue weighted by atomic mass is 15.3. The quantitative estimate of drug-likeness (QED) is 0.813. The summed E-state index contributed by atoms with van der Waals surface area (Å²) in [6, 6.07) is 6.38. The fourth-order valence-electron chi connectivity index (χ4n) is 2.02. The second-order valence-corrected chi connectivity index (χ2v) is 4.12. The number of rotatable bonds is 2. The van der Waals surface area contributed by atoms with E-state index in [1.54, 1.807) is 0 Å². The number of fused-ring (bicyclic) bond motifs is 1. The molecule has 1 aromatic heterocycles. The van der Waals surface area contributed by atoms with Crippen LogP contribution in [0, 0.1) is 0 Å². The predicted octanol–water partition coefficient (Wildman–Crippen LogP) is 2.74. The average Bonchev–Trinajstić information content (AvgIpc) is 2.55. The van der Waals surface area contributed by atoms with E-state index in [-0.39, 0.29) is 0 Å². The standard InChI is InChI=1S/C12H17N3/c1-8(2)9-6-5-7-10-11(9)15(4)14-12(10)13-3/h5-8H,1-4H3,(H,13,14). The van der Waals surface area contributed by atoms with Crippen LogP contribution in [-0.4, -0.2) is 16.8 Å². The first-order valence-electron chi connectivity index (χ1n) is 5.28. The number of para-hydroxylation sites is 1. The molecule has 0 amide bonds. The first-order valence-corrected chi connectivity index (χ1v) is 5.28. The minimum atomic E-state index is 0.522. The van der Waals surface area contributed by atoms with Crippen molar-refractivity contribution >= 4 is 16.7 Å². The summed E-state index contributed by atoms with van der Waals surface area (Å²) in [4.78, 5) is 0. The Morgan fingerprint density at radius 1 is 1.33 bits per heavy atom. The minimum Gasteiger partial charge on any atom is -0.371 e. The zero-order valence-electron chi connectivity index (χ0n) is 9.70. The van der Waals surface area contributed by atoms with Crippen molar-refractivity contribution in [2.24, 2.45) is 7.05 Å². The van der Waals surface area contributed by atoms with E-state index in [2.05, 4.69) is 42.5 Å². The van der Waals surface area contributed by atoms with Crippen molar-refractivity contribution in [2.45, 2.75) is 19.8 Å². The number of hydrogen-bond donors (Lipinski definition) is 1. The predicted molar refractivity (Wildman–Crippen MR) is 64.3 cm³/mol. The largest absolute Gasteiger partial charge is 0.371 e. The second kappa shape index (κ2) is 3.57. The molecule has 1 N–H and O–H groups in total. The van der Waals surface area contributed by atoms with E-state index in [0.717, 1.165) is 5.82 Å². The third-order valence-electron chi connectivity index (χ3n) is 2.75. The van der Waals surface area contributed by atoms with E-state index in [1.165, 1.54) is 16.5 Å². The highest BCUT2D eigenvalue weighted by Crippen LogP contribution is 2.29. The summed E-state index contributed by atoms with van der Waals surface area (Å²) in [5, 5.41) is 8.78. The van der Waals surface area contributed by atoms with Crippen LogP contribution in [0.4, 0.5) is 5.82 Å². The zero-order valence-corrected chi connectivity index (χ0v) is 9.70. The van der Waals surface area contributed by atoms with Crippen LogP contribution in [0.15, 0.2) is 18.2 Å². The number of aromatic nitrogens is 2. The topological polar surface area (TPSA) is 29.9 Å². The van der Waals surface area contributed by atoms with Gasteiger partial charge in [-0.3, -0.25) is 4.68 Å². The molecule has 0 saturated carbocycles. The molecule has 0 saturated heterocycles. The SMILES string of the molecule is CNc1nn(C)c2c(C(C)C)cccc12. The lowest BCUT2D eigenvalue weighted by molar-refractivity contribution is 0.782. The molecular weight excluding hydrogens is 186 g/mol. The lowest BCUT2D eigenvalue weighted by Gasteiger charge is -2.07. The van der Waals surface area contributed by atoms with Crippen LogP contribution in [-0.2, 0) is 7.05 Å². The van der Waals surface area contributed by atoms with E-state index in [1.807, 2.05) is 18.8 Å². The lowest BCUT2D eigenvalue weighted by atomic mass is 10.0. The Bertz CT molecular complexity index is 483. The third kappa shape index (κ3) is 1.48. The molecule has 0 fully saturated rings. The van der Waals surface area contributed by atoms with Crippen molar-refractivity contribution in [3.63, 3.8) is 0 Å². The Hall–Kier alpha value is -1.51. The van der Waals surface area contributed by atoms with Crippen molar-refractivity contribution in [1.29, 1.82) is 0 Å². The number of aryl methyl sites for hydroxylation is 1. The molecule has 0 spiro atoms. The van der Waals surface area contributed by atoms with Crippen LogP contribution < -0.4 is 5.32 Å². The first kappa shape index (κ1) is 10.0. The number of hydrogen-bond acceptors (Lipinski definition) is 2. The van der Waals surface area contributed by atoms with E-state index in [9.17, 15) is 0 Å². The third-order valence-corrected chi connectivity index (χ3v) is 2.75. The maximum absolute atomic E-state index is 4.46. The summed E-state index contributed by atoms with van der Waals surface area (Å²) >= 11 is 0. The smallest absolute Gasteiger partial charge is 0.155 e. The summed E-state index contributed by atoms with van der Waals surface area (Å²) < 4.78 is 1.95. The maximum atomic E-state index is 4.46. The summed E-state index contributed by atoms with van der Waals surface area (Å²) in [7, 11) is 3.90. The molecular formula is C12H17N3. The Morgan fingerprint density at radius 3 is 2.67 bits per heavy atom. The van der Waals surface area contributed by atoms with Crippen LogP contribution in [0.2, 0.25) is 0 Å². The van der Waals surface area contributed by atoms with Gasteiger partial charge in [0, 0.05) is 19.5 Å². The number of anilines is 1. The number of nitrogens with zero attached hydrogens (tertiary/aromatic N) is 2. The fraction of sp³-hybridized carbons (Fsp3) is 0.417. The molecule has 1 heterocycles. The maximum Gasteiger partial charge on any atom is 0.155 e. The molecule has 0 radical (unpaired) electrons. The van der Waals surface area contributed by atoms with Crippen molar-refractivity contribution < 1.29 is 0 Å². The molecule has 1 aromatic carbocycles.